The number of unbranched alkanes of at least 4 members (excludes halogenated alkanes) is 1. The van der Waals surface area contributed by atoms with Crippen LogP contribution in [0.25, 0.3) is 16.7 Å². The number of aryl methyl sites for hydroxylation is 1. The van der Waals surface area contributed by atoms with Crippen molar-refractivity contribution in [2.45, 2.75) is 26.3 Å². The lowest BCUT2D eigenvalue weighted by Crippen LogP contribution is -2.36. The third kappa shape index (κ3) is 4.03. The highest BCUT2D eigenvalue weighted by atomic mass is 35.5. The molecule has 7 heteroatoms. The van der Waals surface area contributed by atoms with Crippen molar-refractivity contribution in [3.05, 3.63) is 59.4 Å². The minimum Gasteiger partial charge on any atom is -0.286 e. The number of nitrogens with zero attached hydrogens (tertiary/aromatic N) is 2. The monoisotopic (exact) mass is 379 g/mol. The van der Waals surface area contributed by atoms with Gasteiger partial charge in [-0.05, 0) is 37.1 Å². The second-order valence-corrected chi connectivity index (χ2v) is 8.00. The van der Waals surface area contributed by atoms with Crippen molar-refractivity contribution >= 4 is 32.8 Å². The van der Waals surface area contributed by atoms with Crippen LogP contribution in [0, 0.1) is 6.92 Å². The molecule has 0 aliphatic heterocycles. The van der Waals surface area contributed by atoms with Gasteiger partial charge in [0.05, 0.1) is 12.3 Å². The fourth-order valence-corrected chi connectivity index (χ4v) is 3.85. The van der Waals surface area contributed by atoms with E-state index in [1.54, 1.807) is 0 Å². The number of rotatable bonds is 6. The van der Waals surface area contributed by atoms with Crippen LogP contribution < -0.4 is 4.57 Å². The van der Waals surface area contributed by atoms with E-state index in [2.05, 4.69) is 9.13 Å². The molecule has 0 spiro atoms. The Morgan fingerprint density at radius 2 is 1.84 bits per heavy atom. The number of aromatic nitrogens is 2. The van der Waals surface area contributed by atoms with Crippen LogP contribution in [0.2, 0.25) is 5.02 Å². The van der Waals surface area contributed by atoms with Gasteiger partial charge in [-0.2, -0.15) is 13.0 Å². The summed E-state index contributed by atoms with van der Waals surface area (Å²) < 4.78 is 34.9. The van der Waals surface area contributed by atoms with Crippen LogP contribution in [0.15, 0.2) is 48.5 Å². The van der Waals surface area contributed by atoms with Gasteiger partial charge in [0.1, 0.15) is 5.69 Å². The molecule has 132 valence electrons. The lowest BCUT2D eigenvalue weighted by Gasteiger charge is -2.02. The van der Waals surface area contributed by atoms with E-state index >= 15 is 0 Å². The highest BCUT2D eigenvalue weighted by molar-refractivity contribution is 7.85. The second-order valence-electron chi connectivity index (χ2n) is 6.00. The van der Waals surface area contributed by atoms with E-state index in [9.17, 15) is 8.42 Å². The molecule has 1 N–H and O–H groups in total. The zero-order chi connectivity index (χ0) is 18.0. The number of para-hydroxylation sites is 1. The summed E-state index contributed by atoms with van der Waals surface area (Å²) in [6.45, 7) is 2.68. The first-order valence-electron chi connectivity index (χ1n) is 8.08. The normalized spacial score (nSPS) is 12.0. The summed E-state index contributed by atoms with van der Waals surface area (Å²) in [4.78, 5) is 0. The average molecular weight is 380 g/mol. The summed E-state index contributed by atoms with van der Waals surface area (Å²) in [5.74, 6) is 0.820. The van der Waals surface area contributed by atoms with Crippen molar-refractivity contribution in [1.29, 1.82) is 0 Å². The Morgan fingerprint density at radius 1 is 1.12 bits per heavy atom. The molecule has 0 aliphatic carbocycles. The standard InChI is InChI=1S/C18H19ClN2O3S/c1-14-20(11-5-6-12-25(22,23)24)18-13-15(19)9-10-17(18)21(14)16-7-3-2-4-8-16/h2-4,7-10,13H,5-6,11-12H2,1H3/p+1. The van der Waals surface area contributed by atoms with Gasteiger partial charge in [-0.25, -0.2) is 4.57 Å². The van der Waals surface area contributed by atoms with Crippen LogP contribution in [0.4, 0.5) is 0 Å². The van der Waals surface area contributed by atoms with Crippen molar-refractivity contribution in [2.24, 2.45) is 0 Å². The van der Waals surface area contributed by atoms with Gasteiger partial charge in [0.25, 0.3) is 15.9 Å². The van der Waals surface area contributed by atoms with Crippen molar-refractivity contribution in [2.75, 3.05) is 5.75 Å². The second kappa shape index (κ2) is 7.15. The molecule has 1 aromatic heterocycles. The molecule has 25 heavy (non-hydrogen) atoms. The molecule has 0 unspecified atom stereocenters. The molecule has 0 amide bonds. The number of fused-ring (bicyclic) bond motifs is 1. The maximum Gasteiger partial charge on any atom is 0.264 e. The lowest BCUT2D eigenvalue weighted by atomic mass is 10.2. The van der Waals surface area contributed by atoms with Gasteiger partial charge < -0.3 is 0 Å². The molecule has 3 aromatic rings. The predicted octanol–water partition coefficient (Wildman–Crippen LogP) is 3.55. The van der Waals surface area contributed by atoms with Crippen molar-refractivity contribution in [1.82, 2.24) is 4.57 Å². The van der Waals surface area contributed by atoms with Gasteiger partial charge in [-0.1, -0.05) is 29.8 Å². The van der Waals surface area contributed by atoms with E-state index in [1.165, 1.54) is 0 Å². The fraction of sp³-hybridized carbons (Fsp3) is 0.278. The molecule has 0 saturated heterocycles. The van der Waals surface area contributed by atoms with E-state index in [-0.39, 0.29) is 5.75 Å². The predicted molar refractivity (Wildman–Crippen MR) is 98.9 cm³/mol. The summed E-state index contributed by atoms with van der Waals surface area (Å²) in [5, 5.41) is 0.657. The SMILES string of the molecule is Cc1n(-c2ccccc2)c2ccc(Cl)cc2[n+]1CCCCS(=O)(=O)O. The molecule has 5 nitrogen and oxygen atoms in total. The minimum absolute atomic E-state index is 0.218. The third-order valence-corrected chi connectivity index (χ3v) is 5.27. The van der Waals surface area contributed by atoms with E-state index < -0.39 is 10.1 Å². The first kappa shape index (κ1) is 17.9. The largest absolute Gasteiger partial charge is 0.286 e. The Hall–Kier alpha value is -1.89. The van der Waals surface area contributed by atoms with Crippen LogP contribution >= 0.6 is 11.6 Å². The highest BCUT2D eigenvalue weighted by Crippen LogP contribution is 2.23. The first-order valence-corrected chi connectivity index (χ1v) is 10.1. The van der Waals surface area contributed by atoms with Gasteiger partial charge in [0.2, 0.25) is 0 Å². The number of hydrogen-bond donors (Lipinski definition) is 1. The summed E-state index contributed by atoms with van der Waals surface area (Å²) >= 11 is 6.18. The quantitative estimate of drug-likeness (QED) is 0.404. The van der Waals surface area contributed by atoms with Gasteiger partial charge in [-0.3, -0.25) is 4.55 Å². The zero-order valence-corrected chi connectivity index (χ0v) is 15.5. The summed E-state index contributed by atoms with van der Waals surface area (Å²) in [7, 11) is -3.91. The summed E-state index contributed by atoms with van der Waals surface area (Å²) in [6, 6.07) is 15.8. The smallest absolute Gasteiger partial charge is 0.264 e. The molecular formula is C18H20ClN2O3S+. The number of imidazole rings is 1. The van der Waals surface area contributed by atoms with Crippen LogP contribution in [0.5, 0.6) is 0 Å². The number of halogens is 1. The molecule has 0 radical (unpaired) electrons. The maximum atomic E-state index is 10.9. The van der Waals surface area contributed by atoms with Gasteiger partial charge in [0, 0.05) is 18.0 Å². The Balaban J connectivity index is 2.00. The van der Waals surface area contributed by atoms with Crippen LogP contribution in [-0.4, -0.2) is 23.3 Å². The molecule has 0 aliphatic rings. The molecule has 1 heterocycles. The average Bonchev–Trinajstić information content (AvgIpc) is 2.83. The van der Waals surface area contributed by atoms with Gasteiger partial charge in [0.15, 0.2) is 11.0 Å². The summed E-state index contributed by atoms with van der Waals surface area (Å²) in [6.07, 6.45) is 1.05. The number of benzene rings is 2. The molecule has 0 bridgehead atoms. The lowest BCUT2D eigenvalue weighted by molar-refractivity contribution is -0.678. The van der Waals surface area contributed by atoms with Gasteiger partial charge >= 0.3 is 0 Å². The maximum absolute atomic E-state index is 10.9. The topological polar surface area (TPSA) is 63.2 Å². The van der Waals surface area contributed by atoms with E-state index in [4.69, 9.17) is 16.2 Å². The molecule has 0 saturated carbocycles. The Bertz CT molecular complexity index is 998. The highest BCUT2D eigenvalue weighted by Gasteiger charge is 2.23. The molecule has 3 rings (SSSR count). The zero-order valence-electron chi connectivity index (χ0n) is 13.9. The van der Waals surface area contributed by atoms with Crippen molar-refractivity contribution in [3.63, 3.8) is 0 Å². The minimum atomic E-state index is -3.91. The number of hydrogen-bond acceptors (Lipinski definition) is 2. The van der Waals surface area contributed by atoms with Crippen molar-refractivity contribution in [3.8, 4) is 5.69 Å². The fourth-order valence-electron chi connectivity index (χ4n) is 3.11. The van der Waals surface area contributed by atoms with Gasteiger partial charge in [-0.15, -0.1) is 0 Å². The van der Waals surface area contributed by atoms with Crippen molar-refractivity contribution < 1.29 is 17.5 Å². The molecule has 0 fully saturated rings. The third-order valence-electron chi connectivity index (χ3n) is 4.23. The molecular weight excluding hydrogens is 360 g/mol. The first-order chi connectivity index (χ1) is 11.9. The Labute approximate surface area is 152 Å². The van der Waals surface area contributed by atoms with Crippen LogP contribution in [-0.2, 0) is 16.7 Å². The summed E-state index contributed by atoms with van der Waals surface area (Å²) in [5.41, 5.74) is 3.10. The Kier molecular flexibility index (Phi) is 5.13. The van der Waals surface area contributed by atoms with E-state index in [0.29, 0.717) is 24.4 Å². The van der Waals surface area contributed by atoms with Crippen LogP contribution in [0.1, 0.15) is 18.7 Å². The van der Waals surface area contributed by atoms with E-state index in [0.717, 1.165) is 22.5 Å². The molecule has 2 aromatic carbocycles. The Morgan fingerprint density at radius 3 is 2.52 bits per heavy atom. The van der Waals surface area contributed by atoms with E-state index in [1.807, 2.05) is 55.5 Å². The van der Waals surface area contributed by atoms with Crippen LogP contribution in [0.3, 0.4) is 0 Å². The molecule has 0 atom stereocenters.